The zero-order valence-corrected chi connectivity index (χ0v) is 9.83. The molecular weight excluding hydrogens is 226 g/mol. The molecule has 0 aromatic rings. The van der Waals surface area contributed by atoms with Gasteiger partial charge in [-0.25, -0.2) is 8.96 Å². The molecule has 0 aliphatic rings. The molecule has 0 unspecified atom stereocenters. The van der Waals surface area contributed by atoms with Crippen molar-refractivity contribution in [2.24, 2.45) is 5.41 Å². The second-order valence-electron chi connectivity index (χ2n) is 4.19. The van der Waals surface area contributed by atoms with Crippen molar-refractivity contribution in [1.82, 2.24) is 0 Å². The van der Waals surface area contributed by atoms with Crippen molar-refractivity contribution in [3.8, 4) is 0 Å². The van der Waals surface area contributed by atoms with E-state index in [2.05, 4.69) is 4.52 Å². The molecule has 0 saturated carbocycles. The van der Waals surface area contributed by atoms with Crippen LogP contribution < -0.4 is 0 Å². The number of halogens is 1. The van der Waals surface area contributed by atoms with Crippen molar-refractivity contribution in [2.75, 3.05) is 6.61 Å². The fourth-order valence-electron chi connectivity index (χ4n) is 0.876. The van der Waals surface area contributed by atoms with Crippen LogP contribution in [0.4, 0.5) is 4.39 Å². The minimum absolute atomic E-state index is 0.346. The van der Waals surface area contributed by atoms with Crippen LogP contribution >= 0.6 is 7.82 Å². The van der Waals surface area contributed by atoms with Gasteiger partial charge in [-0.15, -0.1) is 0 Å². The third kappa shape index (κ3) is 6.73. The zero-order chi connectivity index (χ0) is 12.3. The highest BCUT2D eigenvalue weighted by atomic mass is 31.2. The molecular formula is C8H16FO5P. The quantitative estimate of drug-likeness (QED) is 0.712. The van der Waals surface area contributed by atoms with Gasteiger partial charge in [0.05, 0.1) is 6.61 Å². The van der Waals surface area contributed by atoms with Gasteiger partial charge in [0.2, 0.25) is 0 Å². The molecule has 15 heavy (non-hydrogen) atoms. The molecule has 5 nitrogen and oxygen atoms in total. The molecule has 0 aromatic carbocycles. The van der Waals surface area contributed by atoms with Gasteiger partial charge < -0.3 is 9.79 Å². The summed E-state index contributed by atoms with van der Waals surface area (Å²) in [6.07, 6.45) is -2.10. The van der Waals surface area contributed by atoms with Crippen LogP contribution in [0.15, 0.2) is 0 Å². The predicted octanol–water partition coefficient (Wildman–Crippen LogP) is 1.44. The van der Waals surface area contributed by atoms with Crippen LogP contribution in [-0.4, -0.2) is 28.3 Å². The van der Waals surface area contributed by atoms with Gasteiger partial charge in [-0.2, -0.15) is 0 Å². The first kappa shape index (κ1) is 14.7. The molecule has 0 spiro atoms. The highest BCUT2D eigenvalue weighted by Gasteiger charge is 2.29. The monoisotopic (exact) mass is 242 g/mol. The first-order chi connectivity index (χ1) is 6.54. The minimum atomic E-state index is -4.57. The number of hydrogen-bond donors (Lipinski definition) is 2. The molecule has 90 valence electrons. The van der Waals surface area contributed by atoms with E-state index in [0.29, 0.717) is 0 Å². The number of hydrogen-bond acceptors (Lipinski definition) is 3. The smallest absolute Gasteiger partial charge is 0.303 e. The van der Waals surface area contributed by atoms with Crippen LogP contribution in [-0.2, 0) is 13.9 Å². The Balaban J connectivity index is 4.01. The Labute approximate surface area is 87.9 Å². The number of ketones is 1. The van der Waals surface area contributed by atoms with E-state index in [0.717, 1.165) is 0 Å². The van der Waals surface area contributed by atoms with Crippen molar-refractivity contribution >= 4 is 13.6 Å². The first-order valence-corrected chi connectivity index (χ1v) is 5.95. The van der Waals surface area contributed by atoms with Crippen LogP contribution in [0, 0.1) is 5.41 Å². The summed E-state index contributed by atoms with van der Waals surface area (Å²) in [5, 5.41) is 0. The molecule has 0 heterocycles. The van der Waals surface area contributed by atoms with Gasteiger partial charge >= 0.3 is 7.82 Å². The Morgan fingerprint density at radius 3 is 2.27 bits per heavy atom. The largest absolute Gasteiger partial charge is 0.469 e. The van der Waals surface area contributed by atoms with E-state index in [1.54, 1.807) is 20.8 Å². The van der Waals surface area contributed by atoms with Crippen LogP contribution in [0.5, 0.6) is 0 Å². The van der Waals surface area contributed by atoms with Gasteiger partial charge in [0.15, 0.2) is 12.0 Å². The first-order valence-electron chi connectivity index (χ1n) is 4.42. The van der Waals surface area contributed by atoms with Crippen molar-refractivity contribution in [1.29, 1.82) is 0 Å². The SMILES string of the molecule is CC(C)(C)C(=O)[C@H](F)CCOP(=O)(O)O. The van der Waals surface area contributed by atoms with Crippen molar-refractivity contribution < 1.29 is 28.1 Å². The zero-order valence-electron chi connectivity index (χ0n) is 8.94. The second kappa shape index (κ2) is 5.16. The Bertz CT molecular complexity index is 267. The normalized spacial score (nSPS) is 15.1. The van der Waals surface area contributed by atoms with Gasteiger partial charge in [-0.1, -0.05) is 20.8 Å². The molecule has 0 aromatic heterocycles. The molecule has 0 aliphatic heterocycles. The van der Waals surface area contributed by atoms with Crippen LogP contribution in [0.1, 0.15) is 27.2 Å². The van der Waals surface area contributed by atoms with E-state index in [4.69, 9.17) is 9.79 Å². The van der Waals surface area contributed by atoms with E-state index < -0.39 is 31.8 Å². The van der Waals surface area contributed by atoms with Crippen molar-refractivity contribution in [2.45, 2.75) is 33.4 Å². The lowest BCUT2D eigenvalue weighted by Crippen LogP contribution is -2.30. The summed E-state index contributed by atoms with van der Waals surface area (Å²) in [5.74, 6) is -0.600. The summed E-state index contributed by atoms with van der Waals surface area (Å²) in [6, 6.07) is 0. The van der Waals surface area contributed by atoms with Gasteiger partial charge in [0.1, 0.15) is 0 Å². The van der Waals surface area contributed by atoms with E-state index in [9.17, 15) is 13.8 Å². The number of phosphoric ester groups is 1. The number of rotatable bonds is 5. The minimum Gasteiger partial charge on any atom is -0.303 e. The number of alkyl halides is 1. The lowest BCUT2D eigenvalue weighted by atomic mass is 9.87. The van der Waals surface area contributed by atoms with E-state index in [-0.39, 0.29) is 6.42 Å². The highest BCUT2D eigenvalue weighted by molar-refractivity contribution is 7.46. The average molecular weight is 242 g/mol. The molecule has 1 atom stereocenters. The van der Waals surface area contributed by atoms with E-state index in [1.165, 1.54) is 0 Å². The molecule has 0 bridgehead atoms. The molecule has 0 fully saturated rings. The fourth-order valence-corrected chi connectivity index (χ4v) is 1.22. The summed E-state index contributed by atoms with van der Waals surface area (Å²) in [6.45, 7) is 4.25. The van der Waals surface area contributed by atoms with E-state index >= 15 is 0 Å². The molecule has 7 heteroatoms. The highest BCUT2D eigenvalue weighted by Crippen LogP contribution is 2.36. The third-order valence-corrected chi connectivity index (χ3v) is 2.17. The fraction of sp³-hybridized carbons (Fsp3) is 0.875. The van der Waals surface area contributed by atoms with E-state index in [1.807, 2.05) is 0 Å². The number of phosphoric acid groups is 1. The molecule has 0 aliphatic carbocycles. The number of carbonyl (C=O) groups excluding carboxylic acids is 1. The second-order valence-corrected chi connectivity index (χ2v) is 5.43. The number of Topliss-reactive ketones (excluding diaryl/α,β-unsaturated/α-hetero) is 1. The Hall–Kier alpha value is -0.290. The van der Waals surface area contributed by atoms with Crippen molar-refractivity contribution in [3.05, 3.63) is 0 Å². The van der Waals surface area contributed by atoms with Gasteiger partial charge in [0, 0.05) is 11.8 Å². The molecule has 2 N–H and O–H groups in total. The summed E-state index contributed by atoms with van der Waals surface area (Å²) in [4.78, 5) is 27.9. The Kier molecular flexibility index (Phi) is 5.06. The van der Waals surface area contributed by atoms with Crippen LogP contribution in [0.25, 0.3) is 0 Å². The third-order valence-electron chi connectivity index (χ3n) is 1.65. The molecule has 0 amide bonds. The molecule has 0 radical (unpaired) electrons. The lowest BCUT2D eigenvalue weighted by Gasteiger charge is -2.19. The van der Waals surface area contributed by atoms with Gasteiger partial charge in [-0.3, -0.25) is 9.32 Å². The maximum atomic E-state index is 13.2. The summed E-state index contributed by atoms with van der Waals surface area (Å²) in [5.41, 5.74) is -0.804. The molecule has 0 saturated heterocycles. The standard InChI is InChI=1S/C8H16FO5P/c1-8(2,3)7(10)6(9)4-5-14-15(11,12)13/h6H,4-5H2,1-3H3,(H2,11,12,13)/t6-/m1/s1. The number of carbonyl (C=O) groups is 1. The van der Waals surface area contributed by atoms with Crippen LogP contribution in [0.2, 0.25) is 0 Å². The Morgan fingerprint density at radius 1 is 1.47 bits per heavy atom. The van der Waals surface area contributed by atoms with Crippen molar-refractivity contribution in [3.63, 3.8) is 0 Å². The van der Waals surface area contributed by atoms with Crippen LogP contribution in [0.3, 0.4) is 0 Å². The predicted molar refractivity (Wildman–Crippen MR) is 52.0 cm³/mol. The summed E-state index contributed by atoms with van der Waals surface area (Å²) in [7, 11) is -4.57. The average Bonchev–Trinajstić information content (AvgIpc) is 1.98. The Morgan fingerprint density at radius 2 is 1.93 bits per heavy atom. The summed E-state index contributed by atoms with van der Waals surface area (Å²) < 4.78 is 27.5. The maximum absolute atomic E-state index is 13.2. The topological polar surface area (TPSA) is 83.8 Å². The molecule has 0 rings (SSSR count). The maximum Gasteiger partial charge on any atom is 0.469 e. The lowest BCUT2D eigenvalue weighted by molar-refractivity contribution is -0.131. The van der Waals surface area contributed by atoms with Gasteiger partial charge in [0.25, 0.3) is 0 Å². The summed E-state index contributed by atoms with van der Waals surface area (Å²) >= 11 is 0. The van der Waals surface area contributed by atoms with Gasteiger partial charge in [-0.05, 0) is 0 Å².